The van der Waals surface area contributed by atoms with E-state index >= 15 is 0 Å². The van der Waals surface area contributed by atoms with E-state index in [2.05, 4.69) is 20.1 Å². The average Bonchev–Trinajstić information content (AvgIpc) is 2.77. The number of amides is 2. The molecule has 2 amide bonds. The zero-order valence-electron chi connectivity index (χ0n) is 8.83. The van der Waals surface area contributed by atoms with Crippen LogP contribution in [0.2, 0.25) is 0 Å². The summed E-state index contributed by atoms with van der Waals surface area (Å²) in [6.45, 7) is 0. The monoisotopic (exact) mass is 292 g/mol. The Balaban J connectivity index is 1.64. The van der Waals surface area contributed by atoms with Gasteiger partial charge in [0.05, 0.1) is 0 Å². The van der Waals surface area contributed by atoms with Gasteiger partial charge < -0.3 is 20.1 Å². The Labute approximate surface area is 109 Å². The first-order valence-electron chi connectivity index (χ1n) is 4.85. The van der Waals surface area contributed by atoms with Crippen LogP contribution in [0, 0.1) is 0 Å². The highest BCUT2D eigenvalue weighted by molar-refractivity contribution is 8.76. The fourth-order valence-corrected chi connectivity index (χ4v) is 3.54. The summed E-state index contributed by atoms with van der Waals surface area (Å²) in [7, 11) is 2.58. The van der Waals surface area contributed by atoms with Crippen molar-refractivity contribution in [1.82, 2.24) is 10.6 Å². The van der Waals surface area contributed by atoms with Gasteiger partial charge in [0.2, 0.25) is 0 Å². The molecule has 0 saturated carbocycles. The third-order valence-corrected chi connectivity index (χ3v) is 4.51. The van der Waals surface area contributed by atoms with Crippen molar-refractivity contribution in [3.63, 3.8) is 0 Å². The van der Waals surface area contributed by atoms with Gasteiger partial charge in [-0.1, -0.05) is 21.6 Å². The maximum Gasteiger partial charge on any atom is 0.415 e. The predicted molar refractivity (Wildman–Crippen MR) is 61.7 cm³/mol. The number of nitrogens with one attached hydrogen (secondary N) is 2. The molecule has 2 aliphatic heterocycles. The van der Waals surface area contributed by atoms with Crippen molar-refractivity contribution in [3.05, 3.63) is 0 Å². The Bertz CT molecular complexity index is 376. The van der Waals surface area contributed by atoms with Crippen molar-refractivity contribution in [3.8, 4) is 0 Å². The van der Waals surface area contributed by atoms with Gasteiger partial charge in [-0.05, 0) is 0 Å². The van der Waals surface area contributed by atoms with Gasteiger partial charge in [-0.3, -0.25) is 0 Å². The third-order valence-electron chi connectivity index (χ3n) is 2.09. The zero-order chi connectivity index (χ0) is 13.1. The van der Waals surface area contributed by atoms with E-state index in [9.17, 15) is 19.2 Å². The van der Waals surface area contributed by atoms with Gasteiger partial charge in [0.25, 0.3) is 0 Å². The number of hydrogen-bond acceptors (Lipinski definition) is 8. The molecule has 98 valence electrons. The van der Waals surface area contributed by atoms with Gasteiger partial charge >= 0.3 is 24.1 Å². The lowest BCUT2D eigenvalue weighted by Crippen LogP contribution is -2.32. The molecule has 0 aromatic rings. The van der Waals surface area contributed by atoms with Gasteiger partial charge in [0, 0.05) is 11.5 Å². The van der Waals surface area contributed by atoms with Crippen molar-refractivity contribution < 1.29 is 28.7 Å². The van der Waals surface area contributed by atoms with E-state index in [1.54, 1.807) is 0 Å². The molecule has 2 rings (SSSR count). The molecule has 0 spiro atoms. The summed E-state index contributed by atoms with van der Waals surface area (Å²) in [5.41, 5.74) is 0. The molecule has 0 radical (unpaired) electrons. The fraction of sp³-hybridized carbons (Fsp3) is 0.500. The first-order chi connectivity index (χ1) is 8.56. The average molecular weight is 292 g/mol. The lowest BCUT2D eigenvalue weighted by Gasteiger charge is -2.06. The van der Waals surface area contributed by atoms with E-state index in [4.69, 9.17) is 0 Å². The van der Waals surface area contributed by atoms with Crippen LogP contribution >= 0.6 is 21.6 Å². The molecule has 2 heterocycles. The molecule has 0 aromatic carbocycles. The minimum Gasteiger partial charge on any atom is -0.375 e. The zero-order valence-corrected chi connectivity index (χ0v) is 10.5. The molecule has 18 heavy (non-hydrogen) atoms. The minimum absolute atomic E-state index is 0.324. The van der Waals surface area contributed by atoms with Crippen molar-refractivity contribution >= 4 is 45.7 Å². The maximum absolute atomic E-state index is 11.1. The van der Waals surface area contributed by atoms with Crippen molar-refractivity contribution in [2.45, 2.75) is 12.1 Å². The highest BCUT2D eigenvalue weighted by Crippen LogP contribution is 2.25. The molecule has 2 atom stereocenters. The second-order valence-electron chi connectivity index (χ2n) is 3.38. The van der Waals surface area contributed by atoms with Crippen molar-refractivity contribution in [2.75, 3.05) is 11.5 Å². The molecule has 0 aromatic heterocycles. The third kappa shape index (κ3) is 3.07. The van der Waals surface area contributed by atoms with Gasteiger partial charge in [-0.25, -0.2) is 19.2 Å². The Kier molecular flexibility index (Phi) is 3.97. The number of ether oxygens (including phenoxy) is 2. The summed E-state index contributed by atoms with van der Waals surface area (Å²) < 4.78 is 8.59. The Morgan fingerprint density at radius 1 is 0.833 bits per heavy atom. The highest BCUT2D eigenvalue weighted by Gasteiger charge is 2.34. The van der Waals surface area contributed by atoms with Crippen LogP contribution in [0.5, 0.6) is 0 Å². The van der Waals surface area contributed by atoms with Crippen LogP contribution in [0.15, 0.2) is 0 Å². The van der Waals surface area contributed by atoms with E-state index in [-0.39, 0.29) is 0 Å². The topological polar surface area (TPSA) is 111 Å². The number of cyclic esters (lactones) is 4. The minimum atomic E-state index is -0.748. The molecule has 10 heteroatoms. The summed E-state index contributed by atoms with van der Waals surface area (Å²) in [6, 6.07) is -1.33. The Morgan fingerprint density at radius 2 is 1.22 bits per heavy atom. The Hall–Kier alpha value is -1.42. The lowest BCUT2D eigenvalue weighted by atomic mass is 10.4. The highest BCUT2D eigenvalue weighted by atomic mass is 33.1. The molecule has 2 N–H and O–H groups in total. The Morgan fingerprint density at radius 3 is 1.50 bits per heavy atom. The van der Waals surface area contributed by atoms with Gasteiger partial charge in [0.15, 0.2) is 0 Å². The van der Waals surface area contributed by atoms with Crippen LogP contribution in [0.4, 0.5) is 9.59 Å². The number of rotatable bonds is 5. The van der Waals surface area contributed by atoms with Gasteiger partial charge in [0.1, 0.15) is 12.1 Å². The van der Waals surface area contributed by atoms with E-state index in [0.717, 1.165) is 0 Å². The second-order valence-corrected chi connectivity index (χ2v) is 5.93. The fourth-order valence-electron chi connectivity index (χ4n) is 1.24. The molecule has 2 aliphatic rings. The summed E-state index contributed by atoms with van der Waals surface area (Å²) in [5.74, 6) is -0.570. The summed E-state index contributed by atoms with van der Waals surface area (Å²) >= 11 is 0. The van der Waals surface area contributed by atoms with Crippen LogP contribution in [0.3, 0.4) is 0 Å². The number of hydrogen-bond donors (Lipinski definition) is 2. The summed E-state index contributed by atoms with van der Waals surface area (Å²) in [6.07, 6.45) is -1.50. The first kappa shape index (κ1) is 13.0. The standard InChI is InChI=1S/C8H8N2O6S2/c11-5-3(9-7(13)15-5)1-17-18-2-4-6(12)16-8(14)10-4/h3-4H,1-2H2,(H,9,13)(H,10,14)/t3-,4?/m1/s1. The molecule has 0 bridgehead atoms. The van der Waals surface area contributed by atoms with Crippen LogP contribution in [0.1, 0.15) is 0 Å². The maximum atomic E-state index is 11.1. The molecule has 1 unspecified atom stereocenters. The van der Waals surface area contributed by atoms with Crippen molar-refractivity contribution in [1.29, 1.82) is 0 Å². The summed E-state index contributed by atoms with van der Waals surface area (Å²) in [4.78, 5) is 43.6. The van der Waals surface area contributed by atoms with Crippen LogP contribution in [-0.2, 0) is 19.1 Å². The van der Waals surface area contributed by atoms with Crippen LogP contribution in [0.25, 0.3) is 0 Å². The SMILES string of the molecule is O=C1NC(CSSC[C@H]2NC(=O)OC2=O)C(=O)O1. The van der Waals surface area contributed by atoms with E-state index in [1.807, 2.05) is 0 Å². The van der Waals surface area contributed by atoms with Crippen LogP contribution in [-0.4, -0.2) is 47.7 Å². The molecular weight excluding hydrogens is 284 g/mol. The van der Waals surface area contributed by atoms with Gasteiger partial charge in [-0.2, -0.15) is 0 Å². The molecular formula is C8H8N2O6S2. The lowest BCUT2D eigenvalue weighted by molar-refractivity contribution is -0.135. The number of alkyl carbamates (subject to hydrolysis) is 2. The van der Waals surface area contributed by atoms with Crippen LogP contribution < -0.4 is 10.6 Å². The summed E-state index contributed by atoms with van der Waals surface area (Å²) in [5, 5.41) is 4.68. The smallest absolute Gasteiger partial charge is 0.375 e. The molecule has 2 fully saturated rings. The molecule has 2 saturated heterocycles. The van der Waals surface area contributed by atoms with Crippen molar-refractivity contribution in [2.24, 2.45) is 0 Å². The van der Waals surface area contributed by atoms with Gasteiger partial charge in [-0.15, -0.1) is 0 Å². The second kappa shape index (κ2) is 5.48. The molecule has 8 nitrogen and oxygen atoms in total. The van der Waals surface area contributed by atoms with E-state index < -0.39 is 36.2 Å². The number of esters is 2. The number of carbonyl (C=O) groups excluding carboxylic acids is 4. The van der Waals surface area contributed by atoms with E-state index in [0.29, 0.717) is 11.5 Å². The largest absolute Gasteiger partial charge is 0.415 e. The first-order valence-corrected chi connectivity index (χ1v) is 7.34. The quantitative estimate of drug-likeness (QED) is 0.306. The predicted octanol–water partition coefficient (Wildman–Crippen LogP) is -0.362. The normalized spacial score (nSPS) is 26.7. The number of carbonyl (C=O) groups is 4. The van der Waals surface area contributed by atoms with E-state index in [1.165, 1.54) is 21.6 Å². The molecule has 0 aliphatic carbocycles.